The molecule has 1 aliphatic carbocycles. The summed E-state index contributed by atoms with van der Waals surface area (Å²) in [6, 6.07) is 0. The number of hydrogen-bond donors (Lipinski definition) is 1. The summed E-state index contributed by atoms with van der Waals surface area (Å²) in [5.74, 6) is 1.51. The number of nitrogens with one attached hydrogen (secondary N) is 1. The van der Waals surface area contributed by atoms with Crippen LogP contribution in [0.4, 0.5) is 0 Å². The minimum absolute atomic E-state index is 0.0831. The number of ether oxygens (including phenoxy) is 1. The lowest BCUT2D eigenvalue weighted by Crippen LogP contribution is -2.38. The zero-order valence-electron chi connectivity index (χ0n) is 11.1. The third-order valence-corrected chi connectivity index (χ3v) is 3.72. The van der Waals surface area contributed by atoms with Crippen LogP contribution >= 0.6 is 0 Å². The fourth-order valence-corrected chi connectivity index (χ4v) is 2.64. The van der Waals surface area contributed by atoms with E-state index in [2.05, 4.69) is 12.2 Å². The van der Waals surface area contributed by atoms with Gasteiger partial charge in [0.05, 0.1) is 6.26 Å². The smallest absolute Gasteiger partial charge is 0.252 e. The van der Waals surface area contributed by atoms with Crippen molar-refractivity contribution in [3.63, 3.8) is 0 Å². The number of hydrogen-bond acceptors (Lipinski definition) is 2. The Morgan fingerprint density at radius 3 is 2.76 bits per heavy atom. The maximum Gasteiger partial charge on any atom is 0.252 e. The van der Waals surface area contributed by atoms with Gasteiger partial charge in [-0.25, -0.2) is 0 Å². The molecule has 1 unspecified atom stereocenters. The SMILES string of the molecule is CCCOC(CC1CCCC1)C(=O)NC[SH+]C. The highest BCUT2D eigenvalue weighted by Crippen LogP contribution is 2.29. The summed E-state index contributed by atoms with van der Waals surface area (Å²) in [6.07, 6.45) is 8.88. The van der Waals surface area contributed by atoms with Crippen LogP contribution in [0.1, 0.15) is 45.4 Å². The molecule has 0 radical (unpaired) electrons. The lowest BCUT2D eigenvalue weighted by atomic mass is 9.99. The van der Waals surface area contributed by atoms with Crippen LogP contribution in [0.2, 0.25) is 0 Å². The lowest BCUT2D eigenvalue weighted by Gasteiger charge is -2.19. The Labute approximate surface area is 109 Å². The largest absolute Gasteiger partial charge is 0.368 e. The van der Waals surface area contributed by atoms with E-state index in [0.29, 0.717) is 12.5 Å². The van der Waals surface area contributed by atoms with Crippen LogP contribution in [0.3, 0.4) is 0 Å². The molecule has 0 heterocycles. The van der Waals surface area contributed by atoms with E-state index in [4.69, 9.17) is 4.74 Å². The average molecular weight is 260 g/mol. The second kappa shape index (κ2) is 8.81. The van der Waals surface area contributed by atoms with Crippen LogP contribution in [-0.2, 0) is 21.3 Å². The van der Waals surface area contributed by atoms with Gasteiger partial charge in [0.15, 0.2) is 5.88 Å². The van der Waals surface area contributed by atoms with Gasteiger partial charge in [-0.15, -0.1) is 0 Å². The van der Waals surface area contributed by atoms with Gasteiger partial charge in [-0.1, -0.05) is 32.6 Å². The molecule has 3 nitrogen and oxygen atoms in total. The van der Waals surface area contributed by atoms with Crippen molar-refractivity contribution in [3.8, 4) is 0 Å². The summed E-state index contributed by atoms with van der Waals surface area (Å²) in [5.41, 5.74) is 0. The number of amides is 1. The highest BCUT2D eigenvalue weighted by molar-refractivity contribution is 7.77. The van der Waals surface area contributed by atoms with Crippen molar-refractivity contribution >= 4 is 17.7 Å². The van der Waals surface area contributed by atoms with Gasteiger partial charge < -0.3 is 10.1 Å². The Morgan fingerprint density at radius 2 is 2.18 bits per heavy atom. The number of carbonyl (C=O) groups is 1. The molecule has 0 aliphatic heterocycles. The summed E-state index contributed by atoms with van der Waals surface area (Å²) >= 11 is 1.20. The normalized spacial score (nSPS) is 18.2. The topological polar surface area (TPSA) is 38.3 Å². The van der Waals surface area contributed by atoms with Crippen molar-refractivity contribution in [2.24, 2.45) is 5.92 Å². The first-order valence-corrected chi connectivity index (χ1v) is 8.25. The zero-order chi connectivity index (χ0) is 12.5. The van der Waals surface area contributed by atoms with Gasteiger partial charge in [-0.05, 0) is 30.5 Å². The Morgan fingerprint density at radius 1 is 1.47 bits per heavy atom. The van der Waals surface area contributed by atoms with Crippen LogP contribution in [0, 0.1) is 5.92 Å². The molecule has 1 amide bonds. The van der Waals surface area contributed by atoms with Gasteiger partial charge in [0, 0.05) is 6.61 Å². The first kappa shape index (κ1) is 14.8. The minimum Gasteiger partial charge on any atom is -0.368 e. The molecule has 1 atom stereocenters. The third-order valence-electron chi connectivity index (χ3n) is 3.25. The molecule has 1 saturated carbocycles. The minimum atomic E-state index is -0.222. The van der Waals surface area contributed by atoms with Crippen LogP contribution in [0.15, 0.2) is 0 Å². The molecule has 1 N–H and O–H groups in total. The van der Waals surface area contributed by atoms with Gasteiger partial charge in [0.25, 0.3) is 5.91 Å². The van der Waals surface area contributed by atoms with E-state index in [9.17, 15) is 4.79 Å². The van der Waals surface area contributed by atoms with Crippen molar-refractivity contribution in [2.45, 2.75) is 51.6 Å². The molecule has 0 spiro atoms. The molecule has 0 saturated heterocycles. The van der Waals surface area contributed by atoms with Gasteiger partial charge >= 0.3 is 0 Å². The van der Waals surface area contributed by atoms with Gasteiger partial charge in [0.1, 0.15) is 6.10 Å². The molecule has 0 aromatic carbocycles. The maximum absolute atomic E-state index is 12.0. The van der Waals surface area contributed by atoms with Crippen molar-refractivity contribution < 1.29 is 9.53 Å². The molecule has 1 aliphatic rings. The van der Waals surface area contributed by atoms with Crippen LogP contribution in [0.5, 0.6) is 0 Å². The van der Waals surface area contributed by atoms with Gasteiger partial charge in [0.2, 0.25) is 0 Å². The molecule has 0 bridgehead atoms. The summed E-state index contributed by atoms with van der Waals surface area (Å²) in [4.78, 5) is 12.0. The first-order chi connectivity index (χ1) is 8.27. The molecule has 0 aromatic heterocycles. The van der Waals surface area contributed by atoms with E-state index in [1.165, 1.54) is 37.4 Å². The second-order valence-electron chi connectivity index (χ2n) is 4.76. The summed E-state index contributed by atoms with van der Waals surface area (Å²) in [7, 11) is 0. The molecule has 1 rings (SSSR count). The number of rotatable bonds is 8. The van der Waals surface area contributed by atoms with E-state index < -0.39 is 0 Å². The molecular weight excluding hydrogens is 234 g/mol. The van der Waals surface area contributed by atoms with E-state index in [0.717, 1.165) is 18.7 Å². The third kappa shape index (κ3) is 5.77. The van der Waals surface area contributed by atoms with Crippen LogP contribution < -0.4 is 5.32 Å². The standard InChI is InChI=1S/C13H25NO2S/c1-3-8-16-12(13(15)14-10-17-2)9-11-6-4-5-7-11/h11-12H,3-10H2,1-2H3,(H,14,15)/p+1. The highest BCUT2D eigenvalue weighted by Gasteiger charge is 2.25. The van der Waals surface area contributed by atoms with Crippen LogP contribution in [0.25, 0.3) is 0 Å². The summed E-state index contributed by atoms with van der Waals surface area (Å²) in [6.45, 7) is 2.77. The van der Waals surface area contributed by atoms with E-state index in [1.807, 2.05) is 6.26 Å². The zero-order valence-corrected chi connectivity index (χ0v) is 12.0. The predicted octanol–water partition coefficient (Wildman–Crippen LogP) is 1.88. The Bertz CT molecular complexity index is 217. The molecule has 1 fully saturated rings. The van der Waals surface area contributed by atoms with Gasteiger partial charge in [-0.2, -0.15) is 0 Å². The average Bonchev–Trinajstić information content (AvgIpc) is 2.84. The molecular formula is C13H26NO2S+. The summed E-state index contributed by atoms with van der Waals surface area (Å²) < 4.78 is 5.70. The summed E-state index contributed by atoms with van der Waals surface area (Å²) in [5, 5.41) is 2.94. The van der Waals surface area contributed by atoms with E-state index in [1.54, 1.807) is 0 Å². The molecule has 4 heteroatoms. The van der Waals surface area contributed by atoms with Crippen molar-refractivity contribution in [2.75, 3.05) is 18.7 Å². The van der Waals surface area contributed by atoms with Gasteiger partial charge in [-0.3, -0.25) is 4.79 Å². The highest BCUT2D eigenvalue weighted by atomic mass is 32.2. The maximum atomic E-state index is 12.0. The number of thiol groups is 1. The van der Waals surface area contributed by atoms with Crippen molar-refractivity contribution in [3.05, 3.63) is 0 Å². The fourth-order valence-electron chi connectivity index (χ4n) is 2.33. The second-order valence-corrected chi connectivity index (χ2v) is 5.71. The van der Waals surface area contributed by atoms with Crippen LogP contribution in [-0.4, -0.2) is 30.8 Å². The van der Waals surface area contributed by atoms with Crippen molar-refractivity contribution in [1.82, 2.24) is 5.32 Å². The predicted molar refractivity (Wildman–Crippen MR) is 74.3 cm³/mol. The Hall–Kier alpha value is -0.220. The fraction of sp³-hybridized carbons (Fsp3) is 0.923. The molecule has 0 aromatic rings. The van der Waals surface area contributed by atoms with E-state index >= 15 is 0 Å². The van der Waals surface area contributed by atoms with Crippen molar-refractivity contribution in [1.29, 1.82) is 0 Å². The number of carbonyl (C=O) groups excluding carboxylic acids is 1. The Balaban J connectivity index is 2.37. The monoisotopic (exact) mass is 260 g/mol. The first-order valence-electron chi connectivity index (χ1n) is 6.72. The van der Waals surface area contributed by atoms with E-state index in [-0.39, 0.29) is 12.0 Å². The molecule has 100 valence electrons. The molecule has 17 heavy (non-hydrogen) atoms. The lowest BCUT2D eigenvalue weighted by molar-refractivity contribution is -0.133. The quantitative estimate of drug-likeness (QED) is 0.534. The Kier molecular flexibility index (Phi) is 7.69.